The highest BCUT2D eigenvalue weighted by Gasteiger charge is 2.31. The highest BCUT2D eigenvalue weighted by atomic mass is 32.1. The zero-order chi connectivity index (χ0) is 24.9. The topological polar surface area (TPSA) is 96.0 Å². The fraction of sp³-hybridized carbons (Fsp3) is 0.304. The molecule has 34 heavy (non-hydrogen) atoms. The third-order valence-electron chi connectivity index (χ3n) is 5.15. The molecule has 7 nitrogen and oxygen atoms in total. The van der Waals surface area contributed by atoms with Crippen molar-refractivity contribution < 1.29 is 22.8 Å². The van der Waals surface area contributed by atoms with Crippen molar-refractivity contribution in [1.82, 2.24) is 15.5 Å². The number of anilines is 2. The van der Waals surface area contributed by atoms with Gasteiger partial charge in [-0.2, -0.15) is 13.2 Å². The van der Waals surface area contributed by atoms with Gasteiger partial charge < -0.3 is 10.6 Å². The average molecular weight is 492 g/mol. The lowest BCUT2D eigenvalue weighted by molar-refractivity contribution is -0.137. The van der Waals surface area contributed by atoms with Gasteiger partial charge in [-0.25, -0.2) is 4.79 Å². The number of hydrogen-bond acceptors (Lipinski definition) is 5. The number of alkyl halides is 3. The van der Waals surface area contributed by atoms with Crippen LogP contribution in [0.1, 0.15) is 31.4 Å². The van der Waals surface area contributed by atoms with Crippen LogP contribution in [-0.4, -0.2) is 28.2 Å². The molecule has 1 heterocycles. The Bertz CT molecular complexity index is 1170. The lowest BCUT2D eigenvalue weighted by atomic mass is 9.98. The van der Waals surface area contributed by atoms with E-state index in [4.69, 9.17) is 0 Å². The molecule has 1 aromatic heterocycles. The molecule has 11 heteroatoms. The Morgan fingerprint density at radius 3 is 2.47 bits per heavy atom. The number of amides is 3. The first-order valence-electron chi connectivity index (χ1n) is 10.5. The predicted octanol–water partition coefficient (Wildman–Crippen LogP) is 5.71. The minimum absolute atomic E-state index is 0.0393. The molecule has 3 rings (SSSR count). The summed E-state index contributed by atoms with van der Waals surface area (Å²) in [6, 6.07) is 10.2. The average Bonchev–Trinajstić information content (AvgIpc) is 3.25. The maximum Gasteiger partial charge on any atom is 0.416 e. The van der Waals surface area contributed by atoms with E-state index in [1.807, 2.05) is 38.1 Å². The van der Waals surface area contributed by atoms with Crippen LogP contribution in [0.5, 0.6) is 0 Å². The van der Waals surface area contributed by atoms with Crippen LogP contribution in [0, 0.1) is 12.8 Å². The van der Waals surface area contributed by atoms with Gasteiger partial charge >= 0.3 is 12.2 Å². The van der Waals surface area contributed by atoms with Crippen molar-refractivity contribution in [1.29, 1.82) is 0 Å². The number of carbonyl (C=O) groups excluding carboxylic acids is 2. The molecule has 0 aliphatic rings. The van der Waals surface area contributed by atoms with Crippen LogP contribution in [0.3, 0.4) is 0 Å². The van der Waals surface area contributed by atoms with Crippen molar-refractivity contribution in [3.63, 3.8) is 0 Å². The van der Waals surface area contributed by atoms with E-state index in [1.165, 1.54) is 23.5 Å². The normalized spacial score (nSPS) is 13.1. The largest absolute Gasteiger partial charge is 0.416 e. The third-order valence-corrected chi connectivity index (χ3v) is 6.04. The van der Waals surface area contributed by atoms with Crippen LogP contribution in [-0.2, 0) is 11.0 Å². The summed E-state index contributed by atoms with van der Waals surface area (Å²) in [6.07, 6.45) is -3.96. The number of rotatable bonds is 7. The second kappa shape index (κ2) is 10.6. The predicted molar refractivity (Wildman–Crippen MR) is 126 cm³/mol. The molecular weight excluding hydrogens is 467 g/mol. The summed E-state index contributed by atoms with van der Waals surface area (Å²) in [4.78, 5) is 25.4. The number of carbonyl (C=O) groups is 2. The van der Waals surface area contributed by atoms with Crippen molar-refractivity contribution in [3.05, 3.63) is 59.7 Å². The maximum absolute atomic E-state index is 12.9. The van der Waals surface area contributed by atoms with E-state index in [0.717, 1.165) is 23.3 Å². The number of aromatic nitrogens is 2. The molecule has 0 aliphatic carbocycles. The summed E-state index contributed by atoms with van der Waals surface area (Å²) in [6.45, 7) is 5.60. The molecule has 0 unspecified atom stereocenters. The monoisotopic (exact) mass is 491 g/mol. The van der Waals surface area contributed by atoms with Gasteiger partial charge in [0.1, 0.15) is 11.0 Å². The lowest BCUT2D eigenvalue weighted by Gasteiger charge is -2.23. The zero-order valence-electron chi connectivity index (χ0n) is 18.7. The molecule has 0 saturated carbocycles. The Labute approximate surface area is 198 Å². The van der Waals surface area contributed by atoms with E-state index >= 15 is 0 Å². The van der Waals surface area contributed by atoms with Gasteiger partial charge in [-0.15, -0.1) is 10.2 Å². The van der Waals surface area contributed by atoms with Crippen LogP contribution in [0.15, 0.2) is 48.5 Å². The fourth-order valence-electron chi connectivity index (χ4n) is 3.14. The van der Waals surface area contributed by atoms with Gasteiger partial charge in [0.15, 0.2) is 0 Å². The minimum atomic E-state index is -4.54. The van der Waals surface area contributed by atoms with Crippen LogP contribution in [0.4, 0.5) is 28.8 Å². The lowest BCUT2D eigenvalue weighted by Crippen LogP contribution is -2.49. The molecule has 0 saturated heterocycles. The van der Waals surface area contributed by atoms with Crippen molar-refractivity contribution in [2.45, 2.75) is 39.4 Å². The second-order valence-corrected chi connectivity index (χ2v) is 8.79. The SMILES string of the molecule is CC[C@@H](C)[C@H](NC(=O)Nc1cccc(C(F)(F)F)c1)C(=O)Nc1nnc(-c2cccc(C)c2)s1. The Kier molecular flexibility index (Phi) is 7.87. The molecule has 0 aliphatic heterocycles. The van der Waals surface area contributed by atoms with Gasteiger partial charge in [-0.05, 0) is 37.1 Å². The summed E-state index contributed by atoms with van der Waals surface area (Å²) >= 11 is 1.20. The summed E-state index contributed by atoms with van der Waals surface area (Å²) in [5.74, 6) is -0.753. The fourth-order valence-corrected chi connectivity index (χ4v) is 3.88. The van der Waals surface area contributed by atoms with Gasteiger partial charge in [0.2, 0.25) is 11.0 Å². The number of nitrogens with zero attached hydrogens (tertiary/aromatic N) is 2. The molecule has 0 fully saturated rings. The standard InChI is InChI=1S/C23H24F3N5O2S/c1-4-14(3)18(28-21(33)27-17-10-6-9-16(12-17)23(24,25)26)19(32)29-22-31-30-20(34-22)15-8-5-7-13(2)11-15/h5-12,14,18H,4H2,1-3H3,(H2,27,28,33)(H,29,31,32)/t14-,18+/m1/s1. The summed E-state index contributed by atoms with van der Waals surface area (Å²) in [7, 11) is 0. The van der Waals surface area contributed by atoms with Crippen molar-refractivity contribution in [2.24, 2.45) is 5.92 Å². The Morgan fingerprint density at radius 1 is 1.06 bits per heavy atom. The summed E-state index contributed by atoms with van der Waals surface area (Å²) < 4.78 is 38.8. The summed E-state index contributed by atoms with van der Waals surface area (Å²) in [5.41, 5.74) is 1.01. The highest BCUT2D eigenvalue weighted by molar-refractivity contribution is 7.18. The molecule has 2 aromatic carbocycles. The molecule has 2 atom stereocenters. The van der Waals surface area contributed by atoms with E-state index in [2.05, 4.69) is 26.1 Å². The van der Waals surface area contributed by atoms with Gasteiger partial charge in [0.25, 0.3) is 0 Å². The van der Waals surface area contributed by atoms with Gasteiger partial charge in [0.05, 0.1) is 5.56 Å². The minimum Gasteiger partial charge on any atom is -0.326 e. The Balaban J connectivity index is 1.69. The zero-order valence-corrected chi connectivity index (χ0v) is 19.6. The van der Waals surface area contributed by atoms with Crippen molar-refractivity contribution in [3.8, 4) is 10.6 Å². The molecule has 0 spiro atoms. The van der Waals surface area contributed by atoms with Crippen LogP contribution in [0.25, 0.3) is 10.6 Å². The van der Waals surface area contributed by atoms with Crippen molar-refractivity contribution >= 4 is 34.1 Å². The summed E-state index contributed by atoms with van der Waals surface area (Å²) in [5, 5.41) is 16.6. The first-order valence-corrected chi connectivity index (χ1v) is 11.3. The number of urea groups is 1. The molecule has 3 N–H and O–H groups in total. The number of hydrogen-bond donors (Lipinski definition) is 3. The molecule has 0 bridgehead atoms. The smallest absolute Gasteiger partial charge is 0.326 e. The first-order chi connectivity index (χ1) is 16.1. The Morgan fingerprint density at radius 2 is 1.79 bits per heavy atom. The van der Waals surface area contributed by atoms with Crippen LogP contribution < -0.4 is 16.0 Å². The maximum atomic E-state index is 12.9. The van der Waals surface area contributed by atoms with Crippen molar-refractivity contribution in [2.75, 3.05) is 10.6 Å². The van der Waals surface area contributed by atoms with Gasteiger partial charge in [0, 0.05) is 11.3 Å². The highest BCUT2D eigenvalue weighted by Crippen LogP contribution is 2.31. The number of benzene rings is 2. The molecule has 3 aromatic rings. The van der Waals surface area contributed by atoms with E-state index in [9.17, 15) is 22.8 Å². The number of aryl methyl sites for hydroxylation is 1. The van der Waals surface area contributed by atoms with E-state index < -0.39 is 29.7 Å². The van der Waals surface area contributed by atoms with Crippen LogP contribution in [0.2, 0.25) is 0 Å². The molecule has 3 amide bonds. The number of nitrogens with one attached hydrogen (secondary N) is 3. The van der Waals surface area contributed by atoms with Gasteiger partial charge in [-0.3, -0.25) is 10.1 Å². The third kappa shape index (κ3) is 6.53. The molecular formula is C23H24F3N5O2S. The number of halogens is 3. The molecule has 180 valence electrons. The van der Waals surface area contributed by atoms with E-state index in [-0.39, 0.29) is 16.7 Å². The van der Waals surface area contributed by atoms with Crippen LogP contribution >= 0.6 is 11.3 Å². The van der Waals surface area contributed by atoms with E-state index in [0.29, 0.717) is 11.4 Å². The molecule has 0 radical (unpaired) electrons. The second-order valence-electron chi connectivity index (χ2n) is 7.81. The van der Waals surface area contributed by atoms with E-state index in [1.54, 1.807) is 6.92 Å². The Hall–Kier alpha value is -3.47. The first kappa shape index (κ1) is 25.2. The quantitative estimate of drug-likeness (QED) is 0.395. The van der Waals surface area contributed by atoms with Gasteiger partial charge in [-0.1, -0.05) is 61.4 Å².